The van der Waals surface area contributed by atoms with Crippen LogP contribution in [0.4, 0.5) is 0 Å². The number of carbonyl (C=O) groups excluding carboxylic acids is 2. The van der Waals surface area contributed by atoms with Crippen molar-refractivity contribution in [3.8, 4) is 5.75 Å². The Morgan fingerprint density at radius 3 is 2.23 bits per heavy atom. The summed E-state index contributed by atoms with van der Waals surface area (Å²) in [5, 5.41) is 3.65. The number of halogens is 1. The van der Waals surface area contributed by atoms with E-state index in [0.717, 1.165) is 16.7 Å². The summed E-state index contributed by atoms with van der Waals surface area (Å²) >= 11 is 6.16. The van der Waals surface area contributed by atoms with Gasteiger partial charge in [0.1, 0.15) is 11.8 Å². The van der Waals surface area contributed by atoms with Crippen molar-refractivity contribution in [3.05, 3.63) is 101 Å². The topological polar surface area (TPSA) is 58.6 Å². The number of hydrogen-bond donors (Lipinski definition) is 1. The Kier molecular flexibility index (Phi) is 8.94. The Labute approximate surface area is 213 Å². The molecular weight excluding hydrogens is 460 g/mol. The maximum atomic E-state index is 13.8. The smallest absolute Gasteiger partial charge is 0.243 e. The van der Waals surface area contributed by atoms with Gasteiger partial charge in [-0.2, -0.15) is 0 Å². The van der Waals surface area contributed by atoms with Gasteiger partial charge in [-0.3, -0.25) is 9.59 Å². The van der Waals surface area contributed by atoms with E-state index >= 15 is 0 Å². The molecule has 0 radical (unpaired) electrons. The molecule has 0 bridgehead atoms. The first-order valence-electron chi connectivity index (χ1n) is 11.7. The predicted molar refractivity (Wildman–Crippen MR) is 141 cm³/mol. The van der Waals surface area contributed by atoms with Gasteiger partial charge >= 0.3 is 0 Å². The number of nitrogens with zero attached hydrogens (tertiary/aromatic N) is 1. The summed E-state index contributed by atoms with van der Waals surface area (Å²) in [4.78, 5) is 29.0. The van der Waals surface area contributed by atoms with Crippen molar-refractivity contribution >= 4 is 23.4 Å². The molecule has 0 aromatic heterocycles. The summed E-state index contributed by atoms with van der Waals surface area (Å²) in [6, 6.07) is 23.9. The number of carbonyl (C=O) groups is 2. The van der Waals surface area contributed by atoms with E-state index in [1.807, 2.05) is 87.5 Å². The lowest BCUT2D eigenvalue weighted by molar-refractivity contribution is -0.141. The highest BCUT2D eigenvalue weighted by Gasteiger charge is 2.32. The number of benzene rings is 3. The van der Waals surface area contributed by atoms with E-state index in [-0.39, 0.29) is 24.8 Å². The van der Waals surface area contributed by atoms with E-state index in [0.29, 0.717) is 17.2 Å². The standard InChI is InChI=1S/C29H33ClN2O3/c1-29(2,3)31-28(34)26(18-21-10-6-5-7-11-21)32(20-23-13-9-15-25(17-23)35-4)27(33)19-22-12-8-14-24(30)16-22/h5-17,26H,18-20H2,1-4H3,(H,31,34). The molecule has 5 nitrogen and oxygen atoms in total. The van der Waals surface area contributed by atoms with Gasteiger partial charge in [-0.05, 0) is 61.7 Å². The van der Waals surface area contributed by atoms with Crippen LogP contribution in [0.15, 0.2) is 78.9 Å². The molecule has 3 aromatic carbocycles. The van der Waals surface area contributed by atoms with Crippen molar-refractivity contribution in [3.63, 3.8) is 0 Å². The van der Waals surface area contributed by atoms with Crippen molar-refractivity contribution in [2.24, 2.45) is 0 Å². The van der Waals surface area contributed by atoms with Crippen LogP contribution in [0.25, 0.3) is 0 Å². The lowest BCUT2D eigenvalue weighted by Gasteiger charge is -2.34. The minimum absolute atomic E-state index is 0.138. The average Bonchev–Trinajstić information content (AvgIpc) is 2.81. The van der Waals surface area contributed by atoms with E-state index < -0.39 is 11.6 Å². The summed E-state index contributed by atoms with van der Waals surface area (Å²) in [6.07, 6.45) is 0.534. The Bertz CT molecular complexity index is 1140. The van der Waals surface area contributed by atoms with E-state index in [1.54, 1.807) is 24.1 Å². The number of amides is 2. The first-order chi connectivity index (χ1) is 16.6. The fourth-order valence-electron chi connectivity index (χ4n) is 3.90. The third-order valence-electron chi connectivity index (χ3n) is 5.50. The summed E-state index contributed by atoms with van der Waals surface area (Å²) in [6.45, 7) is 6.08. The van der Waals surface area contributed by atoms with Gasteiger partial charge in [0, 0.05) is 23.5 Å². The zero-order valence-electron chi connectivity index (χ0n) is 20.8. The molecule has 1 atom stereocenters. The molecule has 6 heteroatoms. The van der Waals surface area contributed by atoms with E-state index in [9.17, 15) is 9.59 Å². The second kappa shape index (κ2) is 11.9. The molecule has 0 aliphatic rings. The Morgan fingerprint density at radius 1 is 0.914 bits per heavy atom. The molecule has 3 rings (SSSR count). The molecule has 35 heavy (non-hydrogen) atoms. The molecular formula is C29H33ClN2O3. The van der Waals surface area contributed by atoms with Crippen LogP contribution in [-0.2, 0) is 29.0 Å². The summed E-state index contributed by atoms with van der Waals surface area (Å²) in [5.41, 5.74) is 2.22. The molecule has 3 aromatic rings. The molecule has 0 aliphatic carbocycles. The van der Waals surface area contributed by atoms with Gasteiger partial charge in [0.15, 0.2) is 0 Å². The van der Waals surface area contributed by atoms with Crippen LogP contribution >= 0.6 is 11.6 Å². The molecule has 0 spiro atoms. The molecule has 2 amide bonds. The van der Waals surface area contributed by atoms with E-state index in [2.05, 4.69) is 5.32 Å². The predicted octanol–water partition coefficient (Wildman–Crippen LogP) is 5.45. The Morgan fingerprint density at radius 2 is 1.57 bits per heavy atom. The van der Waals surface area contributed by atoms with Crippen molar-refractivity contribution < 1.29 is 14.3 Å². The minimum Gasteiger partial charge on any atom is -0.497 e. The van der Waals surface area contributed by atoms with Crippen LogP contribution in [0.2, 0.25) is 5.02 Å². The monoisotopic (exact) mass is 492 g/mol. The zero-order valence-corrected chi connectivity index (χ0v) is 21.5. The largest absolute Gasteiger partial charge is 0.497 e. The van der Waals surface area contributed by atoms with Crippen molar-refractivity contribution in [1.82, 2.24) is 10.2 Å². The Balaban J connectivity index is 2.00. The quantitative estimate of drug-likeness (QED) is 0.432. The van der Waals surface area contributed by atoms with Crippen LogP contribution in [0.3, 0.4) is 0 Å². The Hall–Kier alpha value is -3.31. The fourth-order valence-corrected chi connectivity index (χ4v) is 4.11. The van der Waals surface area contributed by atoms with Crippen LogP contribution < -0.4 is 10.1 Å². The van der Waals surface area contributed by atoms with Crippen LogP contribution in [0.1, 0.15) is 37.5 Å². The van der Waals surface area contributed by atoms with Gasteiger partial charge in [-0.25, -0.2) is 0 Å². The van der Waals surface area contributed by atoms with Gasteiger partial charge in [0.05, 0.1) is 13.5 Å². The molecule has 0 fully saturated rings. The van der Waals surface area contributed by atoms with Crippen LogP contribution in [-0.4, -0.2) is 35.4 Å². The molecule has 0 saturated heterocycles. The molecule has 1 unspecified atom stereocenters. The highest BCUT2D eigenvalue weighted by Crippen LogP contribution is 2.21. The van der Waals surface area contributed by atoms with E-state index in [4.69, 9.17) is 16.3 Å². The highest BCUT2D eigenvalue weighted by atomic mass is 35.5. The van der Waals surface area contributed by atoms with Gasteiger partial charge in [0.2, 0.25) is 11.8 Å². The van der Waals surface area contributed by atoms with Gasteiger partial charge in [-0.15, -0.1) is 0 Å². The number of hydrogen-bond acceptors (Lipinski definition) is 3. The van der Waals surface area contributed by atoms with Crippen molar-refractivity contribution in [2.45, 2.75) is 51.7 Å². The number of methoxy groups -OCH3 is 1. The third-order valence-corrected chi connectivity index (χ3v) is 5.74. The second-order valence-corrected chi connectivity index (χ2v) is 10.1. The number of ether oxygens (including phenoxy) is 1. The second-order valence-electron chi connectivity index (χ2n) is 9.62. The van der Waals surface area contributed by atoms with Gasteiger partial charge < -0.3 is 15.0 Å². The summed E-state index contributed by atoms with van der Waals surface area (Å²) in [5.74, 6) is 0.354. The summed E-state index contributed by atoms with van der Waals surface area (Å²) in [7, 11) is 1.61. The summed E-state index contributed by atoms with van der Waals surface area (Å²) < 4.78 is 5.38. The first-order valence-corrected chi connectivity index (χ1v) is 12.1. The van der Waals surface area contributed by atoms with Crippen LogP contribution in [0.5, 0.6) is 5.75 Å². The molecule has 0 saturated carbocycles. The molecule has 1 N–H and O–H groups in total. The maximum absolute atomic E-state index is 13.8. The van der Waals surface area contributed by atoms with Crippen molar-refractivity contribution in [1.29, 1.82) is 0 Å². The minimum atomic E-state index is -0.700. The highest BCUT2D eigenvalue weighted by molar-refractivity contribution is 6.30. The molecule has 184 valence electrons. The number of rotatable bonds is 9. The van der Waals surface area contributed by atoms with Gasteiger partial charge in [0.25, 0.3) is 0 Å². The zero-order chi connectivity index (χ0) is 25.4. The third kappa shape index (κ3) is 8.15. The van der Waals surface area contributed by atoms with E-state index in [1.165, 1.54) is 0 Å². The van der Waals surface area contributed by atoms with Crippen LogP contribution in [0, 0.1) is 0 Å². The molecule has 0 aliphatic heterocycles. The lowest BCUT2D eigenvalue weighted by Crippen LogP contribution is -2.54. The average molecular weight is 493 g/mol. The number of nitrogens with one attached hydrogen (secondary N) is 1. The van der Waals surface area contributed by atoms with Crippen molar-refractivity contribution in [2.75, 3.05) is 7.11 Å². The lowest BCUT2D eigenvalue weighted by atomic mass is 9.99. The van der Waals surface area contributed by atoms with Gasteiger partial charge in [-0.1, -0.05) is 66.2 Å². The SMILES string of the molecule is COc1cccc(CN(C(=O)Cc2cccc(Cl)c2)C(Cc2ccccc2)C(=O)NC(C)(C)C)c1. The first kappa shape index (κ1) is 26.3. The normalized spacial score (nSPS) is 12.0. The maximum Gasteiger partial charge on any atom is 0.243 e. The fraction of sp³-hybridized carbons (Fsp3) is 0.310. The molecule has 0 heterocycles.